The van der Waals surface area contributed by atoms with Crippen molar-refractivity contribution in [2.24, 2.45) is 0 Å². The molecular weight excluding hydrogens is 314 g/mol. The summed E-state index contributed by atoms with van der Waals surface area (Å²) in [6.45, 7) is 0. The molecule has 0 spiro atoms. The van der Waals surface area contributed by atoms with Crippen molar-refractivity contribution in [3.8, 4) is 23.0 Å². The highest BCUT2D eigenvalue weighted by Crippen LogP contribution is 2.34. The molecule has 1 saturated carbocycles. The van der Waals surface area contributed by atoms with Crippen molar-refractivity contribution in [3.63, 3.8) is 0 Å². The van der Waals surface area contributed by atoms with Gasteiger partial charge in [0.05, 0.1) is 10.7 Å². The zero-order valence-electron chi connectivity index (χ0n) is 12.5. The van der Waals surface area contributed by atoms with Crippen LogP contribution in [-0.4, -0.2) is 15.3 Å². The molecule has 2 heterocycles. The third-order valence-corrected chi connectivity index (χ3v) is 4.63. The molecule has 0 bridgehead atoms. The van der Waals surface area contributed by atoms with E-state index in [-0.39, 0.29) is 0 Å². The van der Waals surface area contributed by atoms with Crippen molar-refractivity contribution < 1.29 is 9.05 Å². The number of hydrogen-bond donors (Lipinski definition) is 0. The number of nitrogens with zero attached hydrogens (tertiary/aromatic N) is 3. The van der Waals surface area contributed by atoms with Crippen molar-refractivity contribution in [3.05, 3.63) is 41.0 Å². The fraction of sp³-hybridized carbons (Fsp3) is 0.353. The van der Waals surface area contributed by atoms with E-state index in [1.54, 1.807) is 6.07 Å². The number of aromatic nitrogens is 3. The van der Waals surface area contributed by atoms with E-state index < -0.39 is 0 Å². The molecule has 0 radical (unpaired) electrons. The van der Waals surface area contributed by atoms with Crippen molar-refractivity contribution in [2.45, 2.75) is 38.0 Å². The molecule has 0 unspecified atom stereocenters. The van der Waals surface area contributed by atoms with Gasteiger partial charge in [-0.05, 0) is 25.0 Å². The molecule has 0 N–H and O–H groups in total. The fourth-order valence-corrected chi connectivity index (χ4v) is 3.28. The predicted molar refractivity (Wildman–Crippen MR) is 86.1 cm³/mol. The maximum absolute atomic E-state index is 6.16. The Morgan fingerprint density at radius 1 is 1.00 bits per heavy atom. The molecule has 0 saturated heterocycles. The number of benzene rings is 1. The molecule has 1 aromatic carbocycles. The largest absolute Gasteiger partial charge is 0.351 e. The van der Waals surface area contributed by atoms with Gasteiger partial charge in [-0.15, -0.1) is 0 Å². The molecule has 118 valence electrons. The summed E-state index contributed by atoms with van der Waals surface area (Å²) < 4.78 is 10.7. The van der Waals surface area contributed by atoms with Gasteiger partial charge in [0.25, 0.3) is 5.89 Å². The summed E-state index contributed by atoms with van der Waals surface area (Å²) in [5, 5.41) is 8.76. The first-order valence-electron chi connectivity index (χ1n) is 7.87. The van der Waals surface area contributed by atoms with E-state index in [0.717, 1.165) is 11.3 Å². The molecular formula is C17H16ClN3O2. The lowest BCUT2D eigenvalue weighted by molar-refractivity contribution is 0.367. The van der Waals surface area contributed by atoms with Crippen LogP contribution >= 0.6 is 11.6 Å². The normalized spacial score (nSPS) is 15.9. The van der Waals surface area contributed by atoms with Crippen LogP contribution in [0, 0.1) is 0 Å². The Labute approximate surface area is 138 Å². The highest BCUT2D eigenvalue weighted by Gasteiger charge is 2.22. The van der Waals surface area contributed by atoms with E-state index in [1.165, 1.54) is 32.1 Å². The van der Waals surface area contributed by atoms with Crippen LogP contribution in [0.5, 0.6) is 0 Å². The molecule has 3 aromatic rings. The van der Waals surface area contributed by atoms with Crippen molar-refractivity contribution in [2.75, 3.05) is 0 Å². The first-order valence-corrected chi connectivity index (χ1v) is 8.24. The lowest BCUT2D eigenvalue weighted by atomic mass is 9.87. The second-order valence-corrected chi connectivity index (χ2v) is 6.26. The minimum atomic E-state index is 0.328. The van der Waals surface area contributed by atoms with Gasteiger partial charge in [-0.1, -0.05) is 53.3 Å². The maximum atomic E-state index is 6.16. The third-order valence-electron chi connectivity index (χ3n) is 4.30. The quantitative estimate of drug-likeness (QED) is 0.669. The number of hydrogen-bond acceptors (Lipinski definition) is 5. The van der Waals surface area contributed by atoms with Gasteiger partial charge in [0, 0.05) is 17.5 Å². The molecule has 23 heavy (non-hydrogen) atoms. The van der Waals surface area contributed by atoms with Gasteiger partial charge < -0.3 is 9.05 Å². The summed E-state index contributed by atoms with van der Waals surface area (Å²) >= 11 is 6.16. The molecule has 1 aliphatic rings. The first-order chi connectivity index (χ1) is 11.3. The fourth-order valence-electron chi connectivity index (χ4n) is 3.06. The van der Waals surface area contributed by atoms with E-state index in [2.05, 4.69) is 15.3 Å². The van der Waals surface area contributed by atoms with Crippen molar-refractivity contribution >= 4 is 11.6 Å². The standard InChI is InChI=1S/C17H16ClN3O2/c18-13-9-5-4-8-12(13)16-19-17(23-21-16)15-10-14(20-22-15)11-6-2-1-3-7-11/h4-5,8-11H,1-3,6-7H2. The van der Waals surface area contributed by atoms with Gasteiger partial charge in [0.2, 0.25) is 11.6 Å². The summed E-state index contributed by atoms with van der Waals surface area (Å²) in [6.07, 6.45) is 6.15. The average Bonchev–Trinajstić information content (AvgIpc) is 3.25. The Balaban J connectivity index is 1.60. The van der Waals surface area contributed by atoms with Crippen LogP contribution in [0.4, 0.5) is 0 Å². The lowest BCUT2D eigenvalue weighted by Gasteiger charge is -2.18. The molecule has 1 fully saturated rings. The van der Waals surface area contributed by atoms with Crippen molar-refractivity contribution in [1.82, 2.24) is 15.3 Å². The highest BCUT2D eigenvalue weighted by molar-refractivity contribution is 6.33. The zero-order valence-corrected chi connectivity index (χ0v) is 13.3. The van der Waals surface area contributed by atoms with E-state index >= 15 is 0 Å². The molecule has 0 amide bonds. The van der Waals surface area contributed by atoms with Gasteiger partial charge in [0.1, 0.15) is 0 Å². The number of rotatable bonds is 3. The Kier molecular flexibility index (Phi) is 3.87. The van der Waals surface area contributed by atoms with E-state index in [1.807, 2.05) is 24.3 Å². The van der Waals surface area contributed by atoms with Gasteiger partial charge in [-0.3, -0.25) is 0 Å². The van der Waals surface area contributed by atoms with Crippen LogP contribution < -0.4 is 0 Å². The summed E-state index contributed by atoms with van der Waals surface area (Å²) in [6, 6.07) is 9.31. The van der Waals surface area contributed by atoms with Crippen molar-refractivity contribution in [1.29, 1.82) is 0 Å². The molecule has 0 aliphatic heterocycles. The lowest BCUT2D eigenvalue weighted by Crippen LogP contribution is -2.04. The second kappa shape index (κ2) is 6.16. The third kappa shape index (κ3) is 2.88. The molecule has 6 heteroatoms. The second-order valence-electron chi connectivity index (χ2n) is 5.85. The zero-order chi connectivity index (χ0) is 15.6. The minimum absolute atomic E-state index is 0.328. The SMILES string of the molecule is Clc1ccccc1-c1noc(-c2cc(C3CCCCC3)no2)n1. The Morgan fingerprint density at radius 2 is 1.83 bits per heavy atom. The average molecular weight is 330 g/mol. The Morgan fingerprint density at radius 3 is 2.65 bits per heavy atom. The van der Waals surface area contributed by atoms with Gasteiger partial charge in [-0.2, -0.15) is 4.98 Å². The van der Waals surface area contributed by atoms with Crippen LogP contribution in [0.15, 0.2) is 39.4 Å². The molecule has 2 aromatic heterocycles. The Hall–Kier alpha value is -2.14. The first kappa shape index (κ1) is 14.5. The van der Waals surface area contributed by atoms with Crippen LogP contribution in [0.2, 0.25) is 5.02 Å². The summed E-state index contributed by atoms with van der Waals surface area (Å²) in [7, 11) is 0. The topological polar surface area (TPSA) is 65.0 Å². The summed E-state index contributed by atoms with van der Waals surface area (Å²) in [4.78, 5) is 4.37. The molecule has 1 aliphatic carbocycles. The predicted octanol–water partition coefficient (Wildman–Crippen LogP) is 5.09. The minimum Gasteiger partial charge on any atom is -0.351 e. The van der Waals surface area contributed by atoms with Crippen LogP contribution in [0.3, 0.4) is 0 Å². The monoisotopic (exact) mass is 329 g/mol. The molecule has 4 rings (SSSR count). The highest BCUT2D eigenvalue weighted by atomic mass is 35.5. The van der Waals surface area contributed by atoms with E-state index in [9.17, 15) is 0 Å². The van der Waals surface area contributed by atoms with Crippen LogP contribution in [-0.2, 0) is 0 Å². The number of halogens is 1. The van der Waals surface area contributed by atoms with Gasteiger partial charge in [-0.25, -0.2) is 0 Å². The Bertz CT molecular complexity index is 806. The van der Waals surface area contributed by atoms with Gasteiger partial charge in [0.15, 0.2) is 0 Å². The van der Waals surface area contributed by atoms with E-state index in [4.69, 9.17) is 20.6 Å². The van der Waals surface area contributed by atoms with Gasteiger partial charge >= 0.3 is 0 Å². The van der Waals surface area contributed by atoms with Crippen LogP contribution in [0.25, 0.3) is 23.0 Å². The van der Waals surface area contributed by atoms with E-state index in [0.29, 0.717) is 28.4 Å². The summed E-state index contributed by atoms with van der Waals surface area (Å²) in [5.74, 6) is 1.76. The molecule has 0 atom stereocenters. The van der Waals surface area contributed by atoms with Crippen LogP contribution in [0.1, 0.15) is 43.7 Å². The summed E-state index contributed by atoms with van der Waals surface area (Å²) in [5.41, 5.74) is 1.72. The maximum Gasteiger partial charge on any atom is 0.296 e. The molecule has 5 nitrogen and oxygen atoms in total. The smallest absolute Gasteiger partial charge is 0.296 e.